The van der Waals surface area contributed by atoms with Crippen LogP contribution in [-0.2, 0) is 19.2 Å². The van der Waals surface area contributed by atoms with Crippen molar-refractivity contribution in [3.05, 3.63) is 64.7 Å². The topological polar surface area (TPSA) is 84.0 Å². The Balaban J connectivity index is 1.29. The molecule has 1 aliphatic carbocycles. The van der Waals surface area contributed by atoms with Gasteiger partial charge in [-0.3, -0.25) is 19.2 Å². The van der Waals surface area contributed by atoms with Crippen molar-refractivity contribution >= 4 is 46.7 Å². The second-order valence-corrected chi connectivity index (χ2v) is 9.88. The highest BCUT2D eigenvalue weighted by Gasteiger charge is 2.48. The van der Waals surface area contributed by atoms with Crippen LogP contribution in [0.1, 0.15) is 31.7 Å². The Labute approximate surface area is 208 Å². The Hall–Kier alpha value is -3.45. The summed E-state index contributed by atoms with van der Waals surface area (Å²) in [4.78, 5) is 54.2. The number of hydrogen-bond acceptors (Lipinski definition) is 5. The Morgan fingerprint density at radius 2 is 1.74 bits per heavy atom. The van der Waals surface area contributed by atoms with Crippen molar-refractivity contribution in [3.63, 3.8) is 0 Å². The highest BCUT2D eigenvalue weighted by Crippen LogP contribution is 2.40. The molecule has 2 aromatic rings. The van der Waals surface area contributed by atoms with E-state index in [9.17, 15) is 19.2 Å². The molecule has 5 rings (SSSR count). The lowest BCUT2D eigenvalue weighted by atomic mass is 9.82. The summed E-state index contributed by atoms with van der Waals surface area (Å²) in [5.74, 6) is -2.26. The van der Waals surface area contributed by atoms with E-state index in [1.54, 1.807) is 30.3 Å². The molecule has 0 bridgehead atoms. The van der Waals surface area contributed by atoms with Crippen molar-refractivity contribution in [2.24, 2.45) is 17.8 Å². The number of ether oxygens (including phenoxy) is 1. The molecule has 2 aliphatic heterocycles. The van der Waals surface area contributed by atoms with Gasteiger partial charge >= 0.3 is 5.97 Å². The van der Waals surface area contributed by atoms with Gasteiger partial charge in [-0.25, -0.2) is 4.90 Å². The molecule has 2 saturated heterocycles. The van der Waals surface area contributed by atoms with E-state index in [0.29, 0.717) is 29.2 Å². The van der Waals surface area contributed by atoms with Crippen molar-refractivity contribution in [1.29, 1.82) is 0 Å². The standard InChI is InChI=1S/C27H25ClN2O5/c1-15-6-9-21-22(10-15)26(33)30(25(21)32)19-4-3-5-20(12-19)35-27(34)17-11-24(31)29(14-17)18-8-7-16(2)23(28)13-18/h3-8,12-13,17,21-22H,9-11,14H2,1-2H3/t17-,21-,22-/m0/s1. The Bertz CT molecular complexity index is 1290. The summed E-state index contributed by atoms with van der Waals surface area (Å²) >= 11 is 6.20. The normalized spacial score (nSPS) is 24.0. The summed E-state index contributed by atoms with van der Waals surface area (Å²) in [6.07, 6.45) is 3.19. The minimum absolute atomic E-state index is 0.0306. The number of rotatable bonds is 4. The number of imide groups is 1. The van der Waals surface area contributed by atoms with Crippen molar-refractivity contribution in [3.8, 4) is 5.75 Å². The van der Waals surface area contributed by atoms with Gasteiger partial charge < -0.3 is 9.64 Å². The zero-order valence-corrected chi connectivity index (χ0v) is 20.2. The number of amides is 3. The zero-order chi connectivity index (χ0) is 24.9. The number of esters is 1. The molecule has 7 nitrogen and oxygen atoms in total. The molecule has 0 radical (unpaired) electrons. The number of hydrogen-bond donors (Lipinski definition) is 0. The van der Waals surface area contributed by atoms with Gasteiger partial charge in [0, 0.05) is 29.7 Å². The lowest BCUT2D eigenvalue weighted by molar-refractivity contribution is -0.139. The summed E-state index contributed by atoms with van der Waals surface area (Å²) in [5, 5.41) is 0.551. The van der Waals surface area contributed by atoms with Crippen molar-refractivity contribution in [2.75, 3.05) is 16.3 Å². The van der Waals surface area contributed by atoms with Crippen LogP contribution in [0.15, 0.2) is 54.1 Å². The van der Waals surface area contributed by atoms with Crippen molar-refractivity contribution in [2.45, 2.75) is 33.1 Å². The SMILES string of the molecule is CC1=CC[C@@H]2C(=O)N(c3cccc(OC(=O)[C@H]4CC(=O)N(c5ccc(C)c(Cl)c5)C4)c3)C(=O)[C@H]2C1. The first kappa shape index (κ1) is 23.3. The largest absolute Gasteiger partial charge is 0.426 e. The summed E-state index contributed by atoms with van der Waals surface area (Å²) < 4.78 is 5.58. The molecule has 3 aliphatic rings. The fourth-order valence-electron chi connectivity index (χ4n) is 5.04. The maximum Gasteiger partial charge on any atom is 0.316 e. The third-order valence-corrected chi connectivity index (χ3v) is 7.45. The zero-order valence-electron chi connectivity index (χ0n) is 19.5. The average Bonchev–Trinajstić information content (AvgIpc) is 3.33. The van der Waals surface area contributed by atoms with E-state index in [-0.39, 0.29) is 48.3 Å². The first-order valence-corrected chi connectivity index (χ1v) is 12.0. The third-order valence-electron chi connectivity index (χ3n) is 7.04. The van der Waals surface area contributed by atoms with Crippen LogP contribution in [0.4, 0.5) is 11.4 Å². The predicted octanol–water partition coefficient (Wildman–Crippen LogP) is 4.45. The monoisotopic (exact) mass is 492 g/mol. The number of benzene rings is 2. The van der Waals surface area contributed by atoms with Crippen LogP contribution >= 0.6 is 11.6 Å². The molecule has 0 unspecified atom stereocenters. The molecule has 2 aromatic carbocycles. The van der Waals surface area contributed by atoms with E-state index in [4.69, 9.17) is 16.3 Å². The number of aryl methyl sites for hydroxylation is 1. The summed E-state index contributed by atoms with van der Waals surface area (Å²) in [6.45, 7) is 4.04. The molecule has 180 valence electrons. The number of halogens is 1. The smallest absolute Gasteiger partial charge is 0.316 e. The van der Waals surface area contributed by atoms with Gasteiger partial charge in [-0.1, -0.05) is 35.4 Å². The molecule has 0 spiro atoms. The van der Waals surface area contributed by atoms with E-state index in [2.05, 4.69) is 0 Å². The minimum atomic E-state index is -0.641. The van der Waals surface area contributed by atoms with E-state index in [1.807, 2.05) is 26.0 Å². The number of nitrogens with zero attached hydrogens (tertiary/aromatic N) is 2. The van der Waals surface area contributed by atoms with Crippen LogP contribution in [0, 0.1) is 24.7 Å². The maximum absolute atomic E-state index is 13.0. The minimum Gasteiger partial charge on any atom is -0.426 e. The second-order valence-electron chi connectivity index (χ2n) is 9.47. The molecule has 8 heteroatoms. The van der Waals surface area contributed by atoms with Gasteiger partial charge in [-0.15, -0.1) is 0 Å². The average molecular weight is 493 g/mol. The van der Waals surface area contributed by atoms with Crippen molar-refractivity contribution in [1.82, 2.24) is 0 Å². The molecule has 35 heavy (non-hydrogen) atoms. The molecular weight excluding hydrogens is 468 g/mol. The van der Waals surface area contributed by atoms with Crippen LogP contribution in [0.2, 0.25) is 5.02 Å². The van der Waals surface area contributed by atoms with Crippen LogP contribution in [0.25, 0.3) is 0 Å². The lowest BCUT2D eigenvalue weighted by Gasteiger charge is -2.18. The first-order valence-electron chi connectivity index (χ1n) is 11.6. The fraction of sp³-hybridized carbons (Fsp3) is 0.333. The summed E-state index contributed by atoms with van der Waals surface area (Å²) in [7, 11) is 0. The second kappa shape index (κ2) is 8.96. The molecule has 2 heterocycles. The van der Waals surface area contributed by atoms with Gasteiger partial charge in [-0.05, 0) is 56.5 Å². The van der Waals surface area contributed by atoms with E-state index in [1.165, 1.54) is 15.9 Å². The highest BCUT2D eigenvalue weighted by molar-refractivity contribution is 6.31. The highest BCUT2D eigenvalue weighted by atomic mass is 35.5. The van der Waals surface area contributed by atoms with Crippen LogP contribution in [0.3, 0.4) is 0 Å². The molecule has 0 N–H and O–H groups in total. The van der Waals surface area contributed by atoms with Crippen molar-refractivity contribution < 1.29 is 23.9 Å². The molecule has 3 atom stereocenters. The summed E-state index contributed by atoms with van der Waals surface area (Å²) in [5.41, 5.74) is 3.04. The number of allylic oxidation sites excluding steroid dienone is 2. The number of carbonyl (C=O) groups is 4. The van der Waals surface area contributed by atoms with Gasteiger partial charge in [0.2, 0.25) is 17.7 Å². The number of anilines is 2. The van der Waals surface area contributed by atoms with Crippen LogP contribution < -0.4 is 14.5 Å². The predicted molar refractivity (Wildman–Crippen MR) is 131 cm³/mol. The molecule has 0 saturated carbocycles. The Morgan fingerprint density at radius 3 is 2.51 bits per heavy atom. The number of fused-ring (bicyclic) bond motifs is 1. The lowest BCUT2D eigenvalue weighted by Crippen LogP contribution is -2.31. The first-order chi connectivity index (χ1) is 16.7. The van der Waals surface area contributed by atoms with Gasteiger partial charge in [-0.2, -0.15) is 0 Å². The Kier molecular flexibility index (Phi) is 5.97. The van der Waals surface area contributed by atoms with E-state index < -0.39 is 11.9 Å². The van der Waals surface area contributed by atoms with Crippen LogP contribution in [0.5, 0.6) is 5.75 Å². The Morgan fingerprint density at radius 1 is 0.971 bits per heavy atom. The van der Waals surface area contributed by atoms with Crippen LogP contribution in [-0.4, -0.2) is 30.2 Å². The van der Waals surface area contributed by atoms with E-state index >= 15 is 0 Å². The molecule has 3 amide bonds. The van der Waals surface area contributed by atoms with Gasteiger partial charge in [0.15, 0.2) is 0 Å². The van der Waals surface area contributed by atoms with Gasteiger partial charge in [0.1, 0.15) is 5.75 Å². The molecule has 2 fully saturated rings. The van der Waals surface area contributed by atoms with Gasteiger partial charge in [0.05, 0.1) is 23.4 Å². The summed E-state index contributed by atoms with van der Waals surface area (Å²) in [6, 6.07) is 11.8. The quantitative estimate of drug-likeness (QED) is 0.272. The molecule has 0 aromatic heterocycles. The van der Waals surface area contributed by atoms with Gasteiger partial charge in [0.25, 0.3) is 0 Å². The number of carbonyl (C=O) groups excluding carboxylic acids is 4. The fourth-order valence-corrected chi connectivity index (χ4v) is 5.22. The van der Waals surface area contributed by atoms with E-state index in [0.717, 1.165) is 11.1 Å². The molecular formula is C27H25ClN2O5. The maximum atomic E-state index is 13.0. The third kappa shape index (κ3) is 4.25.